The summed E-state index contributed by atoms with van der Waals surface area (Å²) in [6.45, 7) is 2.07. The van der Waals surface area contributed by atoms with E-state index < -0.39 is 12.1 Å². The summed E-state index contributed by atoms with van der Waals surface area (Å²) in [5.41, 5.74) is 5.75. The van der Waals surface area contributed by atoms with Gasteiger partial charge in [-0.3, -0.25) is 4.79 Å². The molecule has 0 radical (unpaired) electrons. The molecule has 0 saturated heterocycles. The molecule has 90 valence electrons. The molecule has 0 aliphatic heterocycles. The Morgan fingerprint density at radius 3 is 2.40 bits per heavy atom. The molecule has 0 saturated carbocycles. The number of unbranched alkanes of at least 4 members (excludes halogenated alkanes) is 2. The Hall–Kier alpha value is -0.610. The largest absolute Gasteiger partial charge is 0.481 e. The van der Waals surface area contributed by atoms with E-state index >= 15 is 0 Å². The summed E-state index contributed by atoms with van der Waals surface area (Å²) in [6, 6.07) is 0.286. The minimum atomic E-state index is -0.935. The van der Waals surface area contributed by atoms with Crippen LogP contribution in [-0.4, -0.2) is 28.3 Å². The highest BCUT2D eigenvalue weighted by molar-refractivity contribution is 5.67. The predicted octanol–water partition coefficient (Wildman–Crippen LogP) is 1.51. The third-order valence-corrected chi connectivity index (χ3v) is 2.55. The number of aliphatic hydroxyl groups is 1. The maximum Gasteiger partial charge on any atom is 0.305 e. The van der Waals surface area contributed by atoms with Crippen LogP contribution in [0.3, 0.4) is 0 Å². The number of aliphatic hydroxyl groups excluding tert-OH is 1. The van der Waals surface area contributed by atoms with Crippen molar-refractivity contribution >= 4 is 5.97 Å². The number of hydrogen-bond donors (Lipinski definition) is 3. The highest BCUT2D eigenvalue weighted by Gasteiger charge is 2.08. The summed E-state index contributed by atoms with van der Waals surface area (Å²) in [4.78, 5) is 10.3. The van der Waals surface area contributed by atoms with Gasteiger partial charge in [0.15, 0.2) is 0 Å². The molecule has 2 unspecified atom stereocenters. The molecular formula is C11H23NO3. The van der Waals surface area contributed by atoms with E-state index in [1.54, 1.807) is 0 Å². The third-order valence-electron chi connectivity index (χ3n) is 2.55. The minimum absolute atomic E-state index is 0.144. The van der Waals surface area contributed by atoms with Gasteiger partial charge in [-0.15, -0.1) is 0 Å². The fraction of sp³-hybridized carbons (Fsp3) is 0.909. The number of hydrogen-bond acceptors (Lipinski definition) is 3. The lowest BCUT2D eigenvalue weighted by Gasteiger charge is -2.09. The van der Waals surface area contributed by atoms with Crippen molar-refractivity contribution in [3.8, 4) is 0 Å². The molecule has 0 heterocycles. The Morgan fingerprint density at radius 1 is 1.27 bits per heavy atom. The van der Waals surface area contributed by atoms with E-state index in [9.17, 15) is 9.90 Å². The molecule has 15 heavy (non-hydrogen) atoms. The average molecular weight is 217 g/mol. The van der Waals surface area contributed by atoms with E-state index in [1.165, 1.54) is 0 Å². The van der Waals surface area contributed by atoms with Gasteiger partial charge in [-0.2, -0.15) is 0 Å². The fourth-order valence-corrected chi connectivity index (χ4v) is 1.47. The molecule has 2 atom stereocenters. The first-order valence-corrected chi connectivity index (χ1v) is 5.71. The summed E-state index contributed by atoms with van der Waals surface area (Å²) in [5.74, 6) is -0.935. The third kappa shape index (κ3) is 9.69. The molecule has 0 aromatic carbocycles. The van der Waals surface area contributed by atoms with Crippen molar-refractivity contribution in [2.75, 3.05) is 0 Å². The molecule has 0 aliphatic rings. The van der Waals surface area contributed by atoms with Gasteiger partial charge in [0.05, 0.1) is 12.5 Å². The van der Waals surface area contributed by atoms with Crippen LogP contribution in [0.2, 0.25) is 0 Å². The number of nitrogens with two attached hydrogens (primary N) is 1. The maximum absolute atomic E-state index is 10.3. The van der Waals surface area contributed by atoms with Crippen LogP contribution >= 0.6 is 0 Å². The molecular weight excluding hydrogens is 194 g/mol. The first-order valence-electron chi connectivity index (χ1n) is 5.71. The lowest BCUT2D eigenvalue weighted by atomic mass is 10.0. The molecule has 0 bridgehead atoms. The van der Waals surface area contributed by atoms with E-state index in [0.717, 1.165) is 32.1 Å². The molecule has 4 N–H and O–H groups in total. The molecule has 0 amide bonds. The van der Waals surface area contributed by atoms with Gasteiger partial charge in [0.2, 0.25) is 0 Å². The standard InChI is InChI=1S/C11H23NO3/c1-2-9(12)6-4-3-5-7-10(13)8-11(14)15/h9-10,13H,2-8,12H2,1H3,(H,14,15). The van der Waals surface area contributed by atoms with Crippen molar-refractivity contribution in [3.05, 3.63) is 0 Å². The lowest BCUT2D eigenvalue weighted by Crippen LogP contribution is -2.18. The molecule has 0 spiro atoms. The zero-order valence-corrected chi connectivity index (χ0v) is 9.48. The number of rotatable bonds is 9. The quantitative estimate of drug-likeness (QED) is 0.511. The zero-order chi connectivity index (χ0) is 11.7. The Morgan fingerprint density at radius 2 is 1.87 bits per heavy atom. The van der Waals surface area contributed by atoms with Crippen LogP contribution in [0.15, 0.2) is 0 Å². The first kappa shape index (κ1) is 14.4. The van der Waals surface area contributed by atoms with Gasteiger partial charge >= 0.3 is 5.97 Å². The highest BCUT2D eigenvalue weighted by atomic mass is 16.4. The molecule has 0 rings (SSSR count). The lowest BCUT2D eigenvalue weighted by molar-refractivity contribution is -0.139. The molecule has 0 fully saturated rings. The summed E-state index contributed by atoms with van der Waals surface area (Å²) < 4.78 is 0. The van der Waals surface area contributed by atoms with Crippen molar-refractivity contribution < 1.29 is 15.0 Å². The van der Waals surface area contributed by atoms with E-state index in [1.807, 2.05) is 0 Å². The summed E-state index contributed by atoms with van der Waals surface area (Å²) >= 11 is 0. The average Bonchev–Trinajstić information content (AvgIpc) is 2.15. The maximum atomic E-state index is 10.3. The van der Waals surface area contributed by atoms with Gasteiger partial charge < -0.3 is 15.9 Å². The first-order chi connectivity index (χ1) is 7.06. The number of carboxylic acids is 1. The molecule has 0 aromatic rings. The van der Waals surface area contributed by atoms with E-state index in [4.69, 9.17) is 10.8 Å². The second-order valence-corrected chi connectivity index (χ2v) is 4.06. The predicted molar refractivity (Wildman–Crippen MR) is 59.6 cm³/mol. The van der Waals surface area contributed by atoms with Crippen molar-refractivity contribution in [1.82, 2.24) is 0 Å². The molecule has 0 aliphatic carbocycles. The van der Waals surface area contributed by atoms with Gasteiger partial charge in [-0.1, -0.05) is 26.2 Å². The van der Waals surface area contributed by atoms with Crippen molar-refractivity contribution in [1.29, 1.82) is 0 Å². The topological polar surface area (TPSA) is 83.5 Å². The van der Waals surface area contributed by atoms with Crippen LogP contribution in [0, 0.1) is 0 Å². The Bertz CT molecular complexity index is 173. The van der Waals surface area contributed by atoms with Crippen molar-refractivity contribution in [3.63, 3.8) is 0 Å². The summed E-state index contributed by atoms with van der Waals surface area (Å²) in [7, 11) is 0. The van der Waals surface area contributed by atoms with E-state index in [-0.39, 0.29) is 12.5 Å². The van der Waals surface area contributed by atoms with Gasteiger partial charge in [0.25, 0.3) is 0 Å². The van der Waals surface area contributed by atoms with E-state index in [2.05, 4.69) is 6.92 Å². The van der Waals surface area contributed by atoms with Gasteiger partial charge in [0, 0.05) is 6.04 Å². The van der Waals surface area contributed by atoms with Crippen LogP contribution < -0.4 is 5.73 Å². The number of carboxylic acid groups (broad SMARTS) is 1. The van der Waals surface area contributed by atoms with Crippen molar-refractivity contribution in [2.24, 2.45) is 5.73 Å². The normalized spacial score (nSPS) is 14.9. The molecule has 4 heteroatoms. The number of aliphatic carboxylic acids is 1. The second kappa shape index (κ2) is 8.68. The van der Waals surface area contributed by atoms with Crippen LogP contribution in [-0.2, 0) is 4.79 Å². The second-order valence-electron chi connectivity index (χ2n) is 4.06. The Balaban J connectivity index is 3.27. The molecule has 0 aromatic heterocycles. The number of carbonyl (C=O) groups is 1. The smallest absolute Gasteiger partial charge is 0.305 e. The van der Waals surface area contributed by atoms with Crippen LogP contribution in [0.4, 0.5) is 0 Å². The van der Waals surface area contributed by atoms with Crippen LogP contribution in [0.25, 0.3) is 0 Å². The summed E-state index contributed by atoms with van der Waals surface area (Å²) in [6.07, 6.45) is 4.72. The van der Waals surface area contributed by atoms with Crippen molar-refractivity contribution in [2.45, 2.75) is 64.0 Å². The fourth-order valence-electron chi connectivity index (χ4n) is 1.47. The minimum Gasteiger partial charge on any atom is -0.481 e. The van der Waals surface area contributed by atoms with Crippen LogP contribution in [0.1, 0.15) is 51.9 Å². The van der Waals surface area contributed by atoms with Gasteiger partial charge in [-0.05, 0) is 19.3 Å². The van der Waals surface area contributed by atoms with Crippen LogP contribution in [0.5, 0.6) is 0 Å². The Labute approximate surface area is 91.5 Å². The zero-order valence-electron chi connectivity index (χ0n) is 9.48. The monoisotopic (exact) mass is 217 g/mol. The Kier molecular flexibility index (Phi) is 8.33. The SMILES string of the molecule is CCC(N)CCCCCC(O)CC(=O)O. The van der Waals surface area contributed by atoms with Gasteiger partial charge in [0.1, 0.15) is 0 Å². The van der Waals surface area contributed by atoms with E-state index in [0.29, 0.717) is 6.42 Å². The molecule has 4 nitrogen and oxygen atoms in total. The summed E-state index contributed by atoms with van der Waals surface area (Å²) in [5, 5.41) is 17.7. The van der Waals surface area contributed by atoms with Gasteiger partial charge in [-0.25, -0.2) is 0 Å². The highest BCUT2D eigenvalue weighted by Crippen LogP contribution is 2.09.